The lowest BCUT2D eigenvalue weighted by Crippen LogP contribution is -2.29. The molecule has 11 heteroatoms. The number of hydrogen-bond donors (Lipinski definition) is 2. The molecule has 182 valence electrons. The summed E-state index contributed by atoms with van der Waals surface area (Å²) in [5.41, 5.74) is 4.03. The van der Waals surface area contributed by atoms with Gasteiger partial charge < -0.3 is 29.2 Å². The molecule has 3 aromatic rings. The molecular weight excluding hydrogens is 441 g/mol. The molecule has 2 aromatic heterocycles. The van der Waals surface area contributed by atoms with Gasteiger partial charge in [0.25, 0.3) is 5.91 Å². The molecule has 2 N–H and O–H groups in total. The Bertz CT molecular complexity index is 1100. The summed E-state index contributed by atoms with van der Waals surface area (Å²) in [7, 11) is 7.81. The van der Waals surface area contributed by atoms with Crippen LogP contribution in [0.25, 0.3) is 21.9 Å². The molecule has 0 saturated carbocycles. The van der Waals surface area contributed by atoms with Crippen molar-refractivity contribution < 1.29 is 32.6 Å². The maximum absolute atomic E-state index is 12.8. The fraction of sp³-hybridized carbons (Fsp3) is 0.455. The highest BCUT2D eigenvalue weighted by Gasteiger charge is 2.38. The number of methoxy groups -OCH3 is 1. The number of carboxylic acids is 1. The first-order chi connectivity index (χ1) is 15.5. The summed E-state index contributed by atoms with van der Waals surface area (Å²) in [6, 6.07) is 10.3. The molecule has 0 unspecified atom stereocenters. The average molecular weight is 470 g/mol. The molecule has 0 atom stereocenters. The van der Waals surface area contributed by atoms with E-state index in [4.69, 9.17) is 14.6 Å². The number of ether oxygens (including phenoxy) is 1. The van der Waals surface area contributed by atoms with E-state index in [0.717, 1.165) is 29.4 Å². The molecule has 0 aliphatic heterocycles. The highest BCUT2D eigenvalue weighted by Crippen LogP contribution is 2.31. The van der Waals surface area contributed by atoms with E-state index in [1.165, 1.54) is 5.52 Å². The summed E-state index contributed by atoms with van der Waals surface area (Å²) in [6.45, 7) is 2.84. The van der Waals surface area contributed by atoms with Gasteiger partial charge in [-0.3, -0.25) is 4.79 Å². The van der Waals surface area contributed by atoms with Gasteiger partial charge in [-0.25, -0.2) is 4.79 Å². The number of aliphatic carboxylic acids is 1. The number of rotatable bonds is 8. The second-order valence-corrected chi connectivity index (χ2v) is 7.70. The Labute approximate surface area is 189 Å². The summed E-state index contributed by atoms with van der Waals surface area (Å²) >= 11 is 0. The van der Waals surface area contributed by atoms with Crippen molar-refractivity contribution in [3.63, 3.8) is 0 Å². The Kier molecular flexibility index (Phi) is 8.89. The lowest BCUT2D eigenvalue weighted by molar-refractivity contribution is -0.192. The van der Waals surface area contributed by atoms with Crippen LogP contribution in [0.3, 0.4) is 0 Å². The zero-order valence-corrected chi connectivity index (χ0v) is 19.1. The van der Waals surface area contributed by atoms with Crippen molar-refractivity contribution in [2.24, 2.45) is 7.05 Å². The highest BCUT2D eigenvalue weighted by molar-refractivity contribution is 6.10. The van der Waals surface area contributed by atoms with Gasteiger partial charge in [0.15, 0.2) is 0 Å². The van der Waals surface area contributed by atoms with E-state index in [1.807, 2.05) is 39.3 Å². The van der Waals surface area contributed by atoms with Crippen molar-refractivity contribution in [2.75, 3.05) is 40.9 Å². The van der Waals surface area contributed by atoms with Crippen LogP contribution in [0.5, 0.6) is 0 Å². The molecule has 0 aliphatic carbocycles. The van der Waals surface area contributed by atoms with Gasteiger partial charge in [-0.2, -0.15) is 13.2 Å². The summed E-state index contributed by atoms with van der Waals surface area (Å²) in [4.78, 5) is 23.8. The summed E-state index contributed by atoms with van der Waals surface area (Å²) in [5, 5.41) is 11.3. The van der Waals surface area contributed by atoms with Gasteiger partial charge in [-0.15, -0.1) is 0 Å². The quantitative estimate of drug-likeness (QED) is 0.494. The minimum absolute atomic E-state index is 0.0276. The number of aromatic nitrogens is 2. The van der Waals surface area contributed by atoms with E-state index in [1.54, 1.807) is 7.11 Å². The summed E-state index contributed by atoms with van der Waals surface area (Å²) in [6.07, 6.45) is -4.15. The SMILES string of the molecule is COCCn1c(C(=O)NCCCN(C)C)cc2c1c1ccccc1n2C.O=C(O)C(F)(F)F. The van der Waals surface area contributed by atoms with E-state index in [-0.39, 0.29) is 5.91 Å². The molecule has 1 amide bonds. The summed E-state index contributed by atoms with van der Waals surface area (Å²) in [5.74, 6) is -2.78. The molecule has 8 nitrogen and oxygen atoms in total. The summed E-state index contributed by atoms with van der Waals surface area (Å²) < 4.78 is 41.2. The van der Waals surface area contributed by atoms with Gasteiger partial charge in [0.2, 0.25) is 0 Å². The van der Waals surface area contributed by atoms with Gasteiger partial charge >= 0.3 is 12.1 Å². The Hall–Kier alpha value is -3.05. The Morgan fingerprint density at radius 1 is 1.18 bits per heavy atom. The Morgan fingerprint density at radius 2 is 1.82 bits per heavy atom. The number of carbonyl (C=O) groups excluding carboxylic acids is 1. The number of carbonyl (C=O) groups is 2. The molecule has 0 radical (unpaired) electrons. The lowest BCUT2D eigenvalue weighted by atomic mass is 10.2. The topological polar surface area (TPSA) is 88.7 Å². The molecule has 2 heterocycles. The number of hydrogen-bond acceptors (Lipinski definition) is 4. The molecule has 0 saturated heterocycles. The van der Waals surface area contributed by atoms with E-state index in [9.17, 15) is 18.0 Å². The van der Waals surface area contributed by atoms with E-state index in [0.29, 0.717) is 25.4 Å². The maximum atomic E-state index is 12.8. The lowest BCUT2D eigenvalue weighted by Gasteiger charge is -2.12. The minimum atomic E-state index is -5.08. The first kappa shape index (κ1) is 26.2. The molecule has 0 bridgehead atoms. The van der Waals surface area contributed by atoms with Crippen LogP contribution >= 0.6 is 0 Å². The number of alkyl halides is 3. The third-order valence-corrected chi connectivity index (χ3v) is 5.02. The van der Waals surface area contributed by atoms with Crippen LogP contribution in [0.15, 0.2) is 30.3 Å². The van der Waals surface area contributed by atoms with Crippen LogP contribution in [0.1, 0.15) is 16.9 Å². The molecule has 0 spiro atoms. The normalized spacial score (nSPS) is 11.6. The van der Waals surface area contributed by atoms with Crippen LogP contribution in [0, 0.1) is 0 Å². The van der Waals surface area contributed by atoms with E-state index >= 15 is 0 Å². The maximum Gasteiger partial charge on any atom is 0.490 e. The number of fused-ring (bicyclic) bond motifs is 3. The van der Waals surface area contributed by atoms with Crippen molar-refractivity contribution in [2.45, 2.75) is 19.1 Å². The van der Waals surface area contributed by atoms with Crippen molar-refractivity contribution in [3.8, 4) is 0 Å². The largest absolute Gasteiger partial charge is 0.490 e. The monoisotopic (exact) mass is 470 g/mol. The van der Waals surface area contributed by atoms with E-state index in [2.05, 4.69) is 31.5 Å². The number of halogens is 3. The predicted octanol–water partition coefficient (Wildman–Crippen LogP) is 3.09. The van der Waals surface area contributed by atoms with Crippen LogP contribution in [-0.2, 0) is 23.1 Å². The minimum Gasteiger partial charge on any atom is -0.475 e. The molecule has 0 fully saturated rings. The average Bonchev–Trinajstić information content (AvgIpc) is 3.25. The van der Waals surface area contributed by atoms with Crippen LogP contribution in [0.4, 0.5) is 13.2 Å². The third-order valence-electron chi connectivity index (χ3n) is 5.02. The van der Waals surface area contributed by atoms with Gasteiger partial charge in [0.1, 0.15) is 5.69 Å². The molecule has 0 aliphatic rings. The highest BCUT2D eigenvalue weighted by atomic mass is 19.4. The number of aryl methyl sites for hydroxylation is 1. The van der Waals surface area contributed by atoms with Crippen LogP contribution in [0.2, 0.25) is 0 Å². The second kappa shape index (κ2) is 11.2. The predicted molar refractivity (Wildman–Crippen MR) is 119 cm³/mol. The molecule has 3 rings (SSSR count). The Balaban J connectivity index is 0.000000479. The molecule has 33 heavy (non-hydrogen) atoms. The van der Waals surface area contributed by atoms with Crippen molar-refractivity contribution >= 4 is 33.8 Å². The van der Waals surface area contributed by atoms with E-state index < -0.39 is 12.1 Å². The zero-order chi connectivity index (χ0) is 24.8. The van der Waals surface area contributed by atoms with Crippen LogP contribution in [-0.4, -0.2) is 78.1 Å². The number of carboxylic acid groups (broad SMARTS) is 1. The number of nitrogens with one attached hydrogen (secondary N) is 1. The zero-order valence-electron chi connectivity index (χ0n) is 19.1. The number of nitrogens with zero attached hydrogens (tertiary/aromatic N) is 3. The molecule has 1 aromatic carbocycles. The smallest absolute Gasteiger partial charge is 0.475 e. The molecular formula is C22H29F3N4O4. The first-order valence-electron chi connectivity index (χ1n) is 10.3. The van der Waals surface area contributed by atoms with Gasteiger partial charge in [0, 0.05) is 32.6 Å². The fourth-order valence-electron chi connectivity index (χ4n) is 3.46. The number of benzene rings is 1. The van der Waals surface area contributed by atoms with Crippen LogP contribution < -0.4 is 5.32 Å². The number of para-hydroxylation sites is 1. The standard InChI is InChI=1S/C20H28N4O2.C2HF3O2/c1-22(2)11-7-10-21-20(25)18-14-17-19(24(18)12-13-26-4)15-8-5-6-9-16(15)23(17)3;3-2(4,5)1(6)7/h5-6,8-9,14H,7,10-13H2,1-4H3,(H,21,25);(H,6,7). The van der Waals surface area contributed by atoms with Crippen molar-refractivity contribution in [1.82, 2.24) is 19.4 Å². The number of amides is 1. The van der Waals surface area contributed by atoms with Gasteiger partial charge in [-0.05, 0) is 39.2 Å². The fourth-order valence-corrected chi connectivity index (χ4v) is 3.46. The third kappa shape index (κ3) is 6.48. The van der Waals surface area contributed by atoms with Crippen molar-refractivity contribution in [1.29, 1.82) is 0 Å². The Morgan fingerprint density at radius 3 is 2.39 bits per heavy atom. The van der Waals surface area contributed by atoms with Crippen molar-refractivity contribution in [3.05, 3.63) is 36.0 Å². The van der Waals surface area contributed by atoms with Gasteiger partial charge in [-0.1, -0.05) is 18.2 Å². The van der Waals surface area contributed by atoms with Gasteiger partial charge in [0.05, 0.1) is 23.2 Å². The second-order valence-electron chi connectivity index (χ2n) is 7.70. The first-order valence-corrected chi connectivity index (χ1v) is 10.3.